The summed E-state index contributed by atoms with van der Waals surface area (Å²) in [4.78, 5) is 21.6. The molecule has 0 aliphatic rings. The summed E-state index contributed by atoms with van der Waals surface area (Å²) in [6.45, 7) is 2.30. The Morgan fingerprint density at radius 2 is 2.29 bits per heavy atom. The van der Waals surface area contributed by atoms with E-state index in [1.54, 1.807) is 6.07 Å². The lowest BCUT2D eigenvalue weighted by Gasteiger charge is -2.08. The van der Waals surface area contributed by atoms with Crippen LogP contribution in [0.25, 0.3) is 0 Å². The number of anilines is 1. The molecule has 1 aromatic rings. The van der Waals surface area contributed by atoms with Gasteiger partial charge in [0.2, 0.25) is 5.91 Å². The fourth-order valence-electron chi connectivity index (χ4n) is 1.31. The summed E-state index contributed by atoms with van der Waals surface area (Å²) < 4.78 is 0. The summed E-state index contributed by atoms with van der Waals surface area (Å²) in [6, 6.07) is 5.83. The minimum Gasteiger partial charge on any atom is -0.330 e. The van der Waals surface area contributed by atoms with Crippen molar-refractivity contribution in [2.75, 3.05) is 11.9 Å². The monoisotopic (exact) mass is 237 g/mol. The van der Waals surface area contributed by atoms with Crippen molar-refractivity contribution in [2.45, 2.75) is 13.3 Å². The van der Waals surface area contributed by atoms with Gasteiger partial charge < -0.3 is 11.1 Å². The number of nitro benzene ring substituents is 1. The molecule has 6 heteroatoms. The predicted octanol–water partition coefficient (Wildman–Crippen LogP) is 1.52. The van der Waals surface area contributed by atoms with Crippen molar-refractivity contribution >= 4 is 17.3 Å². The molecular formula is C11H15N3O3. The SMILES string of the molecule is CC(CN)CC(=O)Nc1cccc([N+](=O)[O-])c1. The number of rotatable bonds is 5. The topological polar surface area (TPSA) is 98.3 Å². The molecule has 0 saturated carbocycles. The fourth-order valence-corrected chi connectivity index (χ4v) is 1.31. The highest BCUT2D eigenvalue weighted by molar-refractivity contribution is 5.91. The van der Waals surface area contributed by atoms with Crippen molar-refractivity contribution in [1.82, 2.24) is 0 Å². The van der Waals surface area contributed by atoms with Gasteiger partial charge in [0.15, 0.2) is 0 Å². The average Bonchev–Trinajstić information content (AvgIpc) is 2.28. The molecule has 0 spiro atoms. The van der Waals surface area contributed by atoms with Crippen molar-refractivity contribution in [3.63, 3.8) is 0 Å². The number of hydrogen-bond acceptors (Lipinski definition) is 4. The maximum atomic E-state index is 11.5. The number of nitrogens with two attached hydrogens (primary N) is 1. The van der Waals surface area contributed by atoms with E-state index in [0.717, 1.165) is 0 Å². The van der Waals surface area contributed by atoms with Gasteiger partial charge in [-0.3, -0.25) is 14.9 Å². The molecule has 1 rings (SSSR count). The van der Waals surface area contributed by atoms with Crippen LogP contribution in [0.5, 0.6) is 0 Å². The third kappa shape index (κ3) is 4.20. The fraction of sp³-hybridized carbons (Fsp3) is 0.364. The second-order valence-electron chi connectivity index (χ2n) is 3.90. The lowest BCUT2D eigenvalue weighted by Crippen LogP contribution is -2.20. The van der Waals surface area contributed by atoms with Gasteiger partial charge in [-0.2, -0.15) is 0 Å². The van der Waals surface area contributed by atoms with Gasteiger partial charge in [-0.15, -0.1) is 0 Å². The molecule has 1 amide bonds. The lowest BCUT2D eigenvalue weighted by molar-refractivity contribution is -0.384. The molecule has 1 unspecified atom stereocenters. The molecular weight excluding hydrogens is 222 g/mol. The van der Waals surface area contributed by atoms with Crippen LogP contribution >= 0.6 is 0 Å². The standard InChI is InChI=1S/C11H15N3O3/c1-8(7-12)5-11(15)13-9-3-2-4-10(6-9)14(16)17/h2-4,6,8H,5,7,12H2,1H3,(H,13,15). The van der Waals surface area contributed by atoms with Crippen LogP contribution in [0.2, 0.25) is 0 Å². The van der Waals surface area contributed by atoms with Crippen LogP contribution in [-0.4, -0.2) is 17.4 Å². The number of carbonyl (C=O) groups is 1. The Labute approximate surface area is 99.0 Å². The van der Waals surface area contributed by atoms with E-state index in [1.165, 1.54) is 18.2 Å². The van der Waals surface area contributed by atoms with Gasteiger partial charge in [-0.25, -0.2) is 0 Å². The number of hydrogen-bond donors (Lipinski definition) is 2. The highest BCUT2D eigenvalue weighted by Gasteiger charge is 2.10. The zero-order valence-corrected chi connectivity index (χ0v) is 9.55. The summed E-state index contributed by atoms with van der Waals surface area (Å²) in [5.41, 5.74) is 5.79. The first-order chi connectivity index (χ1) is 8.02. The zero-order valence-electron chi connectivity index (χ0n) is 9.55. The zero-order chi connectivity index (χ0) is 12.8. The van der Waals surface area contributed by atoms with Crippen LogP contribution in [0.3, 0.4) is 0 Å². The Hall–Kier alpha value is -1.95. The third-order valence-corrected chi connectivity index (χ3v) is 2.28. The molecule has 1 atom stereocenters. The summed E-state index contributed by atoms with van der Waals surface area (Å²) in [5, 5.41) is 13.1. The second-order valence-corrected chi connectivity index (χ2v) is 3.90. The Morgan fingerprint density at radius 1 is 1.59 bits per heavy atom. The van der Waals surface area contributed by atoms with Crippen LogP contribution in [0.1, 0.15) is 13.3 Å². The molecule has 1 aromatic carbocycles. The van der Waals surface area contributed by atoms with E-state index in [0.29, 0.717) is 18.7 Å². The first kappa shape index (κ1) is 13.1. The Morgan fingerprint density at radius 3 is 2.88 bits per heavy atom. The molecule has 6 nitrogen and oxygen atoms in total. The normalized spacial score (nSPS) is 11.9. The predicted molar refractivity (Wildman–Crippen MR) is 64.6 cm³/mol. The number of amides is 1. The number of carbonyl (C=O) groups excluding carboxylic acids is 1. The largest absolute Gasteiger partial charge is 0.330 e. The van der Waals surface area contributed by atoms with Gasteiger partial charge >= 0.3 is 0 Å². The van der Waals surface area contributed by atoms with Crippen molar-refractivity contribution in [2.24, 2.45) is 11.7 Å². The van der Waals surface area contributed by atoms with E-state index >= 15 is 0 Å². The first-order valence-corrected chi connectivity index (χ1v) is 5.27. The van der Waals surface area contributed by atoms with Crippen molar-refractivity contribution in [3.05, 3.63) is 34.4 Å². The van der Waals surface area contributed by atoms with Gasteiger partial charge in [0.1, 0.15) is 0 Å². The summed E-state index contributed by atoms with van der Waals surface area (Å²) >= 11 is 0. The Balaban J connectivity index is 2.65. The maximum absolute atomic E-state index is 11.5. The molecule has 17 heavy (non-hydrogen) atoms. The molecule has 0 heterocycles. The van der Waals surface area contributed by atoms with Gasteiger partial charge in [0.05, 0.1) is 4.92 Å². The van der Waals surface area contributed by atoms with Crippen molar-refractivity contribution in [1.29, 1.82) is 0 Å². The number of nitrogens with zero attached hydrogens (tertiary/aromatic N) is 1. The van der Waals surface area contributed by atoms with E-state index in [1.807, 2.05) is 6.92 Å². The van der Waals surface area contributed by atoms with E-state index in [9.17, 15) is 14.9 Å². The lowest BCUT2D eigenvalue weighted by atomic mass is 10.1. The summed E-state index contributed by atoms with van der Waals surface area (Å²) in [6.07, 6.45) is 0.305. The minimum atomic E-state index is -0.502. The molecule has 3 N–H and O–H groups in total. The minimum absolute atomic E-state index is 0.0466. The molecule has 0 aliphatic carbocycles. The average molecular weight is 237 g/mol. The van der Waals surface area contributed by atoms with Crippen LogP contribution in [-0.2, 0) is 4.79 Å². The Kier molecular flexibility index (Phi) is 4.59. The molecule has 0 fully saturated rings. The van der Waals surface area contributed by atoms with E-state index < -0.39 is 4.92 Å². The second kappa shape index (κ2) is 5.95. The molecule has 0 aromatic heterocycles. The highest BCUT2D eigenvalue weighted by atomic mass is 16.6. The van der Waals surface area contributed by atoms with Gasteiger partial charge in [0, 0.05) is 24.2 Å². The maximum Gasteiger partial charge on any atom is 0.271 e. The number of nitro groups is 1. The molecule has 0 bridgehead atoms. The molecule has 0 aliphatic heterocycles. The first-order valence-electron chi connectivity index (χ1n) is 5.27. The van der Waals surface area contributed by atoms with Crippen LogP contribution in [0.15, 0.2) is 24.3 Å². The highest BCUT2D eigenvalue weighted by Crippen LogP contribution is 2.17. The van der Waals surface area contributed by atoms with Crippen molar-refractivity contribution in [3.8, 4) is 0 Å². The number of nitrogens with one attached hydrogen (secondary N) is 1. The summed E-state index contributed by atoms with van der Waals surface area (Å²) in [7, 11) is 0. The van der Waals surface area contributed by atoms with Gasteiger partial charge in [0.25, 0.3) is 5.69 Å². The van der Waals surface area contributed by atoms with Crippen LogP contribution in [0.4, 0.5) is 11.4 Å². The number of non-ortho nitro benzene ring substituents is 1. The Bertz CT molecular complexity index is 420. The smallest absolute Gasteiger partial charge is 0.271 e. The van der Waals surface area contributed by atoms with E-state index in [4.69, 9.17) is 5.73 Å². The molecule has 0 radical (unpaired) electrons. The van der Waals surface area contributed by atoms with E-state index in [-0.39, 0.29) is 17.5 Å². The van der Waals surface area contributed by atoms with Gasteiger partial charge in [-0.05, 0) is 18.5 Å². The van der Waals surface area contributed by atoms with Crippen LogP contribution in [0, 0.1) is 16.0 Å². The van der Waals surface area contributed by atoms with Crippen molar-refractivity contribution < 1.29 is 9.72 Å². The number of benzene rings is 1. The van der Waals surface area contributed by atoms with Crippen LogP contribution < -0.4 is 11.1 Å². The summed E-state index contributed by atoms with van der Waals surface area (Å²) in [5.74, 6) is -0.0999. The molecule has 92 valence electrons. The van der Waals surface area contributed by atoms with E-state index in [2.05, 4.69) is 5.32 Å². The third-order valence-electron chi connectivity index (χ3n) is 2.28. The van der Waals surface area contributed by atoms with Gasteiger partial charge in [-0.1, -0.05) is 13.0 Å². The molecule has 0 saturated heterocycles. The quantitative estimate of drug-likeness (QED) is 0.599.